The smallest absolute Gasteiger partial charge is 0.351 e. The maximum absolute atomic E-state index is 13.4. The van der Waals surface area contributed by atoms with Gasteiger partial charge in [0.15, 0.2) is 12.4 Å². The Morgan fingerprint density at radius 3 is 2.70 bits per heavy atom. The van der Waals surface area contributed by atoms with E-state index < -0.39 is 54.3 Å². The van der Waals surface area contributed by atoms with Gasteiger partial charge in [-0.25, -0.2) is 10.2 Å². The summed E-state index contributed by atoms with van der Waals surface area (Å²) in [6, 6.07) is 3.05. The van der Waals surface area contributed by atoms with Crippen LogP contribution in [0.1, 0.15) is 64.5 Å². The Labute approximate surface area is 267 Å². The quantitative estimate of drug-likeness (QED) is 0.160. The van der Waals surface area contributed by atoms with Crippen molar-refractivity contribution in [3.05, 3.63) is 42.7 Å². The van der Waals surface area contributed by atoms with E-state index in [-0.39, 0.29) is 50.7 Å². The number of hydrogen-bond donors (Lipinski definition) is 3. The van der Waals surface area contributed by atoms with Gasteiger partial charge in [0.25, 0.3) is 0 Å². The molecule has 0 aliphatic carbocycles. The van der Waals surface area contributed by atoms with E-state index in [1.807, 2.05) is 13.8 Å². The van der Waals surface area contributed by atoms with Crippen LogP contribution in [0.4, 0.5) is 0 Å². The number of rotatable bonds is 17. The number of Topliss-reactive ketones (excluding diaryl/α,β-unsaturated/α-hetero) is 1. The minimum absolute atomic E-state index is 0.0197. The van der Waals surface area contributed by atoms with E-state index in [4.69, 9.17) is 14.3 Å². The van der Waals surface area contributed by atoms with Crippen molar-refractivity contribution in [3.63, 3.8) is 0 Å². The molecular weight excluding hydrogens is 600 g/mol. The highest BCUT2D eigenvalue weighted by atomic mass is 16.7. The van der Waals surface area contributed by atoms with Gasteiger partial charge >= 0.3 is 11.9 Å². The minimum atomic E-state index is -1.23. The Balaban J connectivity index is 1.59. The predicted molar refractivity (Wildman–Crippen MR) is 164 cm³/mol. The zero-order chi connectivity index (χ0) is 33.5. The Hall–Kier alpha value is -4.66. The molecule has 3 heterocycles. The summed E-state index contributed by atoms with van der Waals surface area (Å²) in [5.74, 6) is -3.13. The standard InChI is InChI=1S/C31H42N6O9/c1-4-16-44-29(41)11-10-22(25(38)19-45-31(43)26-18-23(36-46-26)21-8-5-6-13-32-21)35-30(42)24-9-7-14-34-37(24)28(40)12-15-33-27(39)17-20(2)3/h4-6,8,13,20,22,24,26,34H,1,7,9-12,14-19H2,2-3H3,(H,33,39)(H,35,42)/t22-,24+,26?/m1/s1. The number of aromatic nitrogens is 1. The summed E-state index contributed by atoms with van der Waals surface area (Å²) in [6.45, 7) is 7.15. The highest BCUT2D eigenvalue weighted by molar-refractivity contribution is 6.02. The van der Waals surface area contributed by atoms with Gasteiger partial charge in [-0.3, -0.25) is 34.0 Å². The molecule has 1 unspecified atom stereocenters. The SMILES string of the molecule is C=CCOC(=O)CC[C@@H](NC(=O)[C@@H]1CCCNN1C(=O)CCNC(=O)CC(C)C)C(=O)COC(=O)C1CC(c2ccccn2)=NO1. The lowest BCUT2D eigenvalue weighted by molar-refractivity contribution is -0.159. The van der Waals surface area contributed by atoms with Crippen LogP contribution in [0.25, 0.3) is 0 Å². The number of ether oxygens (including phenoxy) is 2. The van der Waals surface area contributed by atoms with Gasteiger partial charge in [0.1, 0.15) is 18.4 Å². The van der Waals surface area contributed by atoms with Crippen LogP contribution in [0.2, 0.25) is 0 Å². The van der Waals surface area contributed by atoms with Crippen molar-refractivity contribution in [1.29, 1.82) is 0 Å². The molecule has 15 nitrogen and oxygen atoms in total. The van der Waals surface area contributed by atoms with Gasteiger partial charge in [-0.1, -0.05) is 37.7 Å². The molecular formula is C31H42N6O9. The van der Waals surface area contributed by atoms with E-state index in [1.165, 1.54) is 11.1 Å². The number of nitrogens with zero attached hydrogens (tertiary/aromatic N) is 3. The summed E-state index contributed by atoms with van der Waals surface area (Å²) in [7, 11) is 0. The average Bonchev–Trinajstić information content (AvgIpc) is 3.55. The first kappa shape index (κ1) is 35.8. The van der Waals surface area contributed by atoms with Gasteiger partial charge in [0.05, 0.1) is 11.7 Å². The number of carbonyl (C=O) groups excluding carboxylic acids is 6. The zero-order valence-electron chi connectivity index (χ0n) is 26.2. The van der Waals surface area contributed by atoms with Crippen molar-refractivity contribution in [1.82, 2.24) is 26.1 Å². The number of amides is 3. The van der Waals surface area contributed by atoms with E-state index in [0.29, 0.717) is 37.2 Å². The lowest BCUT2D eigenvalue weighted by Gasteiger charge is -2.36. The third-order valence-electron chi connectivity index (χ3n) is 7.03. The van der Waals surface area contributed by atoms with Crippen LogP contribution in [0, 0.1) is 5.92 Å². The summed E-state index contributed by atoms with van der Waals surface area (Å²) in [6.07, 6.45) is 2.84. The van der Waals surface area contributed by atoms with Crippen molar-refractivity contribution in [2.45, 2.75) is 77.0 Å². The van der Waals surface area contributed by atoms with Crippen LogP contribution in [0.5, 0.6) is 0 Å². The minimum Gasteiger partial charge on any atom is -0.461 e. The molecule has 250 valence electrons. The average molecular weight is 643 g/mol. The molecule has 2 aliphatic heterocycles. The molecule has 3 N–H and O–H groups in total. The van der Waals surface area contributed by atoms with E-state index in [0.717, 1.165) is 0 Å². The monoisotopic (exact) mass is 642 g/mol. The molecule has 1 aromatic heterocycles. The molecule has 0 bridgehead atoms. The van der Waals surface area contributed by atoms with Crippen molar-refractivity contribution >= 4 is 41.2 Å². The first-order chi connectivity index (χ1) is 22.1. The van der Waals surface area contributed by atoms with Crippen molar-refractivity contribution in [2.75, 3.05) is 26.3 Å². The highest BCUT2D eigenvalue weighted by Gasteiger charge is 2.36. The van der Waals surface area contributed by atoms with Crippen LogP contribution in [0.3, 0.4) is 0 Å². The van der Waals surface area contributed by atoms with Crippen molar-refractivity contribution in [3.8, 4) is 0 Å². The summed E-state index contributed by atoms with van der Waals surface area (Å²) < 4.78 is 10.2. The number of hydrazine groups is 1. The Morgan fingerprint density at radius 2 is 1.98 bits per heavy atom. The number of esters is 2. The van der Waals surface area contributed by atoms with Crippen LogP contribution >= 0.6 is 0 Å². The Bertz CT molecular complexity index is 1290. The maximum Gasteiger partial charge on any atom is 0.351 e. The first-order valence-corrected chi connectivity index (χ1v) is 15.3. The second-order valence-electron chi connectivity index (χ2n) is 11.2. The normalized spacial score (nSPS) is 18.1. The number of hydrogen-bond acceptors (Lipinski definition) is 12. The van der Waals surface area contributed by atoms with Crippen molar-refractivity contribution in [2.24, 2.45) is 11.1 Å². The molecule has 3 amide bonds. The third-order valence-corrected chi connectivity index (χ3v) is 7.03. The molecule has 15 heteroatoms. The fourth-order valence-corrected chi connectivity index (χ4v) is 4.71. The molecule has 1 aromatic rings. The highest BCUT2D eigenvalue weighted by Crippen LogP contribution is 2.17. The van der Waals surface area contributed by atoms with E-state index in [1.54, 1.807) is 24.4 Å². The number of ketones is 1. The fourth-order valence-electron chi connectivity index (χ4n) is 4.71. The van der Waals surface area contributed by atoms with Crippen LogP contribution in [0.15, 0.2) is 42.2 Å². The molecule has 1 saturated heterocycles. The lowest BCUT2D eigenvalue weighted by atomic mass is 10.0. The number of carbonyl (C=O) groups is 6. The maximum atomic E-state index is 13.4. The van der Waals surface area contributed by atoms with Gasteiger partial charge in [-0.15, -0.1) is 0 Å². The van der Waals surface area contributed by atoms with Gasteiger partial charge in [-0.05, 0) is 37.3 Å². The fraction of sp³-hybridized carbons (Fsp3) is 0.548. The molecule has 1 fully saturated rings. The molecule has 3 atom stereocenters. The van der Waals surface area contributed by atoms with E-state index >= 15 is 0 Å². The molecule has 0 spiro atoms. The molecule has 0 aromatic carbocycles. The van der Waals surface area contributed by atoms with Crippen LogP contribution < -0.4 is 16.1 Å². The van der Waals surface area contributed by atoms with Gasteiger partial charge in [-0.2, -0.15) is 0 Å². The van der Waals surface area contributed by atoms with Gasteiger partial charge in [0, 0.05) is 45.0 Å². The number of pyridine rings is 1. The molecule has 2 aliphatic rings. The van der Waals surface area contributed by atoms with Gasteiger partial charge in [0.2, 0.25) is 23.8 Å². The van der Waals surface area contributed by atoms with Crippen molar-refractivity contribution < 1.29 is 43.1 Å². The molecule has 46 heavy (non-hydrogen) atoms. The summed E-state index contributed by atoms with van der Waals surface area (Å²) >= 11 is 0. The first-order valence-electron chi connectivity index (χ1n) is 15.3. The molecule has 3 rings (SSSR count). The Kier molecular flexibility index (Phi) is 14.3. The number of nitrogens with one attached hydrogen (secondary N) is 3. The molecule has 0 saturated carbocycles. The third kappa shape index (κ3) is 11.4. The zero-order valence-corrected chi connectivity index (χ0v) is 26.2. The summed E-state index contributed by atoms with van der Waals surface area (Å²) in [5, 5.41) is 10.4. The van der Waals surface area contributed by atoms with E-state index in [2.05, 4.69) is 32.8 Å². The predicted octanol–water partition coefficient (Wildman–Crippen LogP) is 0.729. The molecule has 0 radical (unpaired) electrons. The lowest BCUT2D eigenvalue weighted by Crippen LogP contribution is -2.60. The topological polar surface area (TPSA) is 195 Å². The Morgan fingerprint density at radius 1 is 1.17 bits per heavy atom. The van der Waals surface area contributed by atoms with Gasteiger partial charge < -0.3 is 24.9 Å². The summed E-state index contributed by atoms with van der Waals surface area (Å²) in [5.41, 5.74) is 3.92. The second kappa shape index (κ2) is 18.3. The largest absolute Gasteiger partial charge is 0.461 e. The number of oxime groups is 1. The van der Waals surface area contributed by atoms with Crippen LogP contribution in [-0.2, 0) is 43.1 Å². The summed E-state index contributed by atoms with van der Waals surface area (Å²) in [4.78, 5) is 85.7. The van der Waals surface area contributed by atoms with E-state index in [9.17, 15) is 28.8 Å². The van der Waals surface area contributed by atoms with Crippen LogP contribution in [-0.4, -0.2) is 95.6 Å². The second-order valence-corrected chi connectivity index (χ2v) is 11.2.